The lowest BCUT2D eigenvalue weighted by Crippen LogP contribution is -2.35. The van der Waals surface area contributed by atoms with Gasteiger partial charge in [0.15, 0.2) is 0 Å². The second-order valence-electron chi connectivity index (χ2n) is 5.79. The zero-order chi connectivity index (χ0) is 13.2. The van der Waals surface area contributed by atoms with Crippen molar-refractivity contribution in [2.45, 2.75) is 19.3 Å². The molecule has 3 heteroatoms. The van der Waals surface area contributed by atoms with Gasteiger partial charge < -0.3 is 10.2 Å². The van der Waals surface area contributed by atoms with Gasteiger partial charge in [0.05, 0.1) is 5.92 Å². The number of carbonyl (C=O) groups is 1. The SMILES string of the molecule is CCC(C(=O)N1C[C@H]2CNC[C@H]2C1)c1ccccc1. The summed E-state index contributed by atoms with van der Waals surface area (Å²) in [4.78, 5) is 14.8. The summed E-state index contributed by atoms with van der Waals surface area (Å²) in [7, 11) is 0. The molecule has 1 amide bonds. The minimum atomic E-state index is 0.0352. The molecule has 19 heavy (non-hydrogen) atoms. The molecule has 0 spiro atoms. The second kappa shape index (κ2) is 5.33. The van der Waals surface area contributed by atoms with Crippen LogP contribution in [0.25, 0.3) is 0 Å². The Balaban J connectivity index is 1.72. The number of amides is 1. The Bertz CT molecular complexity index is 433. The topological polar surface area (TPSA) is 32.3 Å². The standard InChI is InChI=1S/C16H22N2O/c1-2-15(12-6-4-3-5-7-12)16(19)18-10-13-8-17-9-14(13)11-18/h3-7,13-15,17H,2,8-11H2,1H3/t13-,14+,15?. The summed E-state index contributed by atoms with van der Waals surface area (Å²) < 4.78 is 0. The second-order valence-corrected chi connectivity index (χ2v) is 5.79. The van der Waals surface area contributed by atoms with Gasteiger partial charge in [0.2, 0.25) is 5.91 Å². The summed E-state index contributed by atoms with van der Waals surface area (Å²) in [5.41, 5.74) is 1.16. The molecule has 2 saturated heterocycles. The first-order valence-electron chi connectivity index (χ1n) is 7.34. The Morgan fingerprint density at radius 3 is 2.47 bits per heavy atom. The summed E-state index contributed by atoms with van der Waals surface area (Å²) in [5.74, 6) is 1.71. The van der Waals surface area contributed by atoms with Crippen LogP contribution in [0.1, 0.15) is 24.8 Å². The molecule has 2 aliphatic heterocycles. The van der Waals surface area contributed by atoms with Gasteiger partial charge in [-0.3, -0.25) is 4.79 Å². The predicted octanol–water partition coefficient (Wildman–Crippen LogP) is 1.86. The molecule has 0 aromatic heterocycles. The van der Waals surface area contributed by atoms with Crippen LogP contribution in [-0.4, -0.2) is 37.0 Å². The van der Waals surface area contributed by atoms with Crippen LogP contribution in [0.3, 0.4) is 0 Å². The zero-order valence-electron chi connectivity index (χ0n) is 11.5. The van der Waals surface area contributed by atoms with Gasteiger partial charge in [-0.25, -0.2) is 0 Å². The van der Waals surface area contributed by atoms with E-state index in [4.69, 9.17) is 0 Å². The predicted molar refractivity (Wildman–Crippen MR) is 75.9 cm³/mol. The van der Waals surface area contributed by atoms with E-state index in [9.17, 15) is 4.79 Å². The Labute approximate surface area is 115 Å². The maximum absolute atomic E-state index is 12.7. The van der Waals surface area contributed by atoms with Crippen molar-refractivity contribution in [1.82, 2.24) is 10.2 Å². The molecule has 1 aromatic carbocycles. The van der Waals surface area contributed by atoms with E-state index in [1.807, 2.05) is 18.2 Å². The molecule has 3 nitrogen and oxygen atoms in total. The van der Waals surface area contributed by atoms with E-state index in [1.54, 1.807) is 0 Å². The first kappa shape index (κ1) is 12.7. The molecular formula is C16H22N2O. The number of benzene rings is 1. The van der Waals surface area contributed by atoms with Gasteiger partial charge in [0.25, 0.3) is 0 Å². The highest BCUT2D eigenvalue weighted by Gasteiger charge is 2.39. The van der Waals surface area contributed by atoms with Crippen LogP contribution in [0, 0.1) is 11.8 Å². The Morgan fingerprint density at radius 1 is 1.26 bits per heavy atom. The van der Waals surface area contributed by atoms with Crippen molar-refractivity contribution in [3.8, 4) is 0 Å². The fraction of sp³-hybridized carbons (Fsp3) is 0.562. The van der Waals surface area contributed by atoms with Crippen molar-refractivity contribution >= 4 is 5.91 Å². The number of hydrogen-bond donors (Lipinski definition) is 1. The molecular weight excluding hydrogens is 236 g/mol. The largest absolute Gasteiger partial charge is 0.341 e. The monoisotopic (exact) mass is 258 g/mol. The van der Waals surface area contributed by atoms with Crippen LogP contribution < -0.4 is 5.32 Å². The summed E-state index contributed by atoms with van der Waals surface area (Å²) in [6.07, 6.45) is 0.882. The maximum atomic E-state index is 12.7. The fourth-order valence-corrected chi connectivity index (χ4v) is 3.49. The van der Waals surface area contributed by atoms with Gasteiger partial charge in [-0.2, -0.15) is 0 Å². The molecule has 0 radical (unpaired) electrons. The molecule has 2 aliphatic rings. The minimum absolute atomic E-state index is 0.0352. The summed E-state index contributed by atoms with van der Waals surface area (Å²) in [6, 6.07) is 10.2. The highest BCUT2D eigenvalue weighted by molar-refractivity contribution is 5.84. The number of likely N-dealkylation sites (tertiary alicyclic amines) is 1. The van der Waals surface area contributed by atoms with Crippen molar-refractivity contribution in [2.75, 3.05) is 26.2 Å². The molecule has 2 heterocycles. The van der Waals surface area contributed by atoms with Crippen molar-refractivity contribution in [2.24, 2.45) is 11.8 Å². The first-order valence-corrected chi connectivity index (χ1v) is 7.34. The van der Waals surface area contributed by atoms with Gasteiger partial charge in [-0.1, -0.05) is 37.3 Å². The summed E-state index contributed by atoms with van der Waals surface area (Å²) >= 11 is 0. The number of carbonyl (C=O) groups excluding carboxylic acids is 1. The van der Waals surface area contributed by atoms with E-state index in [0.717, 1.165) is 38.2 Å². The lowest BCUT2D eigenvalue weighted by Gasteiger charge is -2.23. The number of hydrogen-bond acceptors (Lipinski definition) is 2. The summed E-state index contributed by atoms with van der Waals surface area (Å²) in [6.45, 7) is 6.15. The Morgan fingerprint density at radius 2 is 1.89 bits per heavy atom. The Hall–Kier alpha value is -1.35. The van der Waals surface area contributed by atoms with E-state index in [-0.39, 0.29) is 5.92 Å². The lowest BCUT2D eigenvalue weighted by atomic mass is 9.95. The van der Waals surface area contributed by atoms with Gasteiger partial charge in [-0.05, 0) is 23.8 Å². The summed E-state index contributed by atoms with van der Waals surface area (Å²) in [5, 5.41) is 3.42. The quantitative estimate of drug-likeness (QED) is 0.897. The average molecular weight is 258 g/mol. The normalized spacial score (nSPS) is 27.3. The van der Waals surface area contributed by atoms with Crippen LogP contribution in [0.4, 0.5) is 0 Å². The molecule has 0 bridgehead atoms. The van der Waals surface area contributed by atoms with Crippen molar-refractivity contribution < 1.29 is 4.79 Å². The highest BCUT2D eigenvalue weighted by Crippen LogP contribution is 2.30. The molecule has 0 saturated carbocycles. The third-order valence-electron chi connectivity index (χ3n) is 4.61. The van der Waals surface area contributed by atoms with E-state index in [0.29, 0.717) is 17.7 Å². The number of fused-ring (bicyclic) bond motifs is 1. The van der Waals surface area contributed by atoms with Crippen molar-refractivity contribution in [3.63, 3.8) is 0 Å². The van der Waals surface area contributed by atoms with Crippen LogP contribution >= 0.6 is 0 Å². The molecule has 0 aliphatic carbocycles. The number of nitrogens with zero attached hydrogens (tertiary/aromatic N) is 1. The van der Waals surface area contributed by atoms with Crippen molar-refractivity contribution in [3.05, 3.63) is 35.9 Å². The maximum Gasteiger partial charge on any atom is 0.230 e. The minimum Gasteiger partial charge on any atom is -0.341 e. The van der Waals surface area contributed by atoms with E-state index >= 15 is 0 Å². The molecule has 102 valence electrons. The molecule has 1 unspecified atom stereocenters. The van der Waals surface area contributed by atoms with Crippen LogP contribution in [0.2, 0.25) is 0 Å². The van der Waals surface area contributed by atoms with Crippen LogP contribution in [-0.2, 0) is 4.79 Å². The van der Waals surface area contributed by atoms with Crippen LogP contribution in [0.5, 0.6) is 0 Å². The average Bonchev–Trinajstić information content (AvgIpc) is 3.01. The Kier molecular flexibility index (Phi) is 3.56. The molecule has 3 atom stereocenters. The molecule has 2 fully saturated rings. The first-order chi connectivity index (χ1) is 9.29. The van der Waals surface area contributed by atoms with Crippen molar-refractivity contribution in [1.29, 1.82) is 0 Å². The molecule has 1 N–H and O–H groups in total. The lowest BCUT2D eigenvalue weighted by molar-refractivity contribution is -0.132. The van der Waals surface area contributed by atoms with E-state index < -0.39 is 0 Å². The van der Waals surface area contributed by atoms with Gasteiger partial charge in [0.1, 0.15) is 0 Å². The third-order valence-corrected chi connectivity index (χ3v) is 4.61. The molecule has 1 aromatic rings. The van der Waals surface area contributed by atoms with Gasteiger partial charge >= 0.3 is 0 Å². The number of nitrogens with one attached hydrogen (secondary N) is 1. The highest BCUT2D eigenvalue weighted by atomic mass is 16.2. The zero-order valence-corrected chi connectivity index (χ0v) is 11.5. The van der Waals surface area contributed by atoms with Gasteiger partial charge in [-0.15, -0.1) is 0 Å². The van der Waals surface area contributed by atoms with Gasteiger partial charge in [0, 0.05) is 26.2 Å². The number of rotatable bonds is 3. The van der Waals surface area contributed by atoms with E-state index in [1.165, 1.54) is 0 Å². The fourth-order valence-electron chi connectivity index (χ4n) is 3.49. The van der Waals surface area contributed by atoms with Crippen LogP contribution in [0.15, 0.2) is 30.3 Å². The molecule has 3 rings (SSSR count). The smallest absolute Gasteiger partial charge is 0.230 e. The third kappa shape index (κ3) is 2.39. The van der Waals surface area contributed by atoms with E-state index in [2.05, 4.69) is 29.3 Å².